The molecule has 1 aliphatic rings. The van der Waals surface area contributed by atoms with Crippen molar-refractivity contribution >= 4 is 29.1 Å². The molecule has 1 aliphatic heterocycles. The summed E-state index contributed by atoms with van der Waals surface area (Å²) in [6.07, 6.45) is 5.53. The van der Waals surface area contributed by atoms with Crippen LogP contribution in [0.3, 0.4) is 0 Å². The molecule has 6 heteroatoms. The highest BCUT2D eigenvalue weighted by molar-refractivity contribution is 6.31. The standard InChI is InChI=1S/C19H23ClN4O/c1-14-16(20)6-5-7-17(14)23-19(25)22-13-15-8-9-21-18(12-15)24-10-3-2-4-11-24/h5-9,12H,2-4,10-11,13H2,1H3,(H2,22,23,25). The third-order valence-electron chi connectivity index (χ3n) is 4.46. The van der Waals surface area contributed by atoms with Gasteiger partial charge in [-0.05, 0) is 61.6 Å². The number of aromatic nitrogens is 1. The van der Waals surface area contributed by atoms with Crippen LogP contribution in [0, 0.1) is 6.92 Å². The van der Waals surface area contributed by atoms with Gasteiger partial charge in [-0.3, -0.25) is 0 Å². The Morgan fingerprint density at radius 1 is 1.24 bits per heavy atom. The summed E-state index contributed by atoms with van der Waals surface area (Å²) in [7, 11) is 0. The largest absolute Gasteiger partial charge is 0.357 e. The topological polar surface area (TPSA) is 57.3 Å². The lowest BCUT2D eigenvalue weighted by Crippen LogP contribution is -2.31. The van der Waals surface area contributed by atoms with Crippen LogP contribution in [-0.4, -0.2) is 24.1 Å². The van der Waals surface area contributed by atoms with Crippen LogP contribution in [0.2, 0.25) is 5.02 Å². The van der Waals surface area contributed by atoms with E-state index in [1.807, 2.05) is 25.1 Å². The van der Waals surface area contributed by atoms with Gasteiger partial charge >= 0.3 is 6.03 Å². The van der Waals surface area contributed by atoms with Crippen molar-refractivity contribution in [3.8, 4) is 0 Å². The van der Waals surface area contributed by atoms with Gasteiger partial charge < -0.3 is 15.5 Å². The molecule has 1 saturated heterocycles. The fourth-order valence-electron chi connectivity index (χ4n) is 2.96. The predicted octanol–water partition coefficient (Wildman–Crippen LogP) is 4.36. The van der Waals surface area contributed by atoms with E-state index < -0.39 is 0 Å². The Hall–Kier alpha value is -2.27. The molecule has 1 fully saturated rings. The zero-order valence-corrected chi connectivity index (χ0v) is 15.1. The van der Waals surface area contributed by atoms with Crippen LogP contribution in [0.5, 0.6) is 0 Å². The Morgan fingerprint density at radius 2 is 2.04 bits per heavy atom. The number of piperidine rings is 1. The molecule has 0 spiro atoms. The molecule has 5 nitrogen and oxygen atoms in total. The maximum atomic E-state index is 12.1. The number of amides is 2. The van der Waals surface area contributed by atoms with Crippen LogP contribution in [0.1, 0.15) is 30.4 Å². The van der Waals surface area contributed by atoms with E-state index in [1.54, 1.807) is 12.3 Å². The molecule has 0 atom stereocenters. The van der Waals surface area contributed by atoms with Crippen LogP contribution in [0.15, 0.2) is 36.5 Å². The molecule has 1 aromatic carbocycles. The highest BCUT2D eigenvalue weighted by Crippen LogP contribution is 2.23. The first kappa shape index (κ1) is 17.5. The zero-order valence-electron chi connectivity index (χ0n) is 14.4. The number of carbonyl (C=O) groups excluding carboxylic acids is 1. The highest BCUT2D eigenvalue weighted by Gasteiger charge is 2.12. The summed E-state index contributed by atoms with van der Waals surface area (Å²) in [6, 6.07) is 9.19. The van der Waals surface area contributed by atoms with Crippen molar-refractivity contribution in [1.82, 2.24) is 10.3 Å². The van der Waals surface area contributed by atoms with Crippen molar-refractivity contribution in [2.75, 3.05) is 23.3 Å². The molecule has 2 heterocycles. The number of nitrogens with one attached hydrogen (secondary N) is 2. The number of nitrogens with zero attached hydrogens (tertiary/aromatic N) is 2. The Bertz CT molecular complexity index is 744. The molecule has 132 valence electrons. The molecule has 2 aromatic rings. The minimum Gasteiger partial charge on any atom is -0.357 e. The van der Waals surface area contributed by atoms with Crippen LogP contribution >= 0.6 is 11.6 Å². The minimum absolute atomic E-state index is 0.248. The molecular weight excluding hydrogens is 336 g/mol. The molecule has 0 aliphatic carbocycles. The molecule has 0 unspecified atom stereocenters. The zero-order chi connectivity index (χ0) is 17.6. The fraction of sp³-hybridized carbons (Fsp3) is 0.368. The number of rotatable bonds is 4. The number of hydrogen-bond acceptors (Lipinski definition) is 3. The van der Waals surface area contributed by atoms with Crippen LogP contribution in [-0.2, 0) is 6.54 Å². The van der Waals surface area contributed by atoms with Gasteiger partial charge in [-0.2, -0.15) is 0 Å². The van der Waals surface area contributed by atoms with Gasteiger partial charge in [-0.15, -0.1) is 0 Å². The van der Waals surface area contributed by atoms with Crippen molar-refractivity contribution < 1.29 is 4.79 Å². The smallest absolute Gasteiger partial charge is 0.319 e. The van der Waals surface area contributed by atoms with E-state index in [0.29, 0.717) is 17.3 Å². The first-order valence-electron chi connectivity index (χ1n) is 8.63. The van der Waals surface area contributed by atoms with Crippen molar-refractivity contribution in [1.29, 1.82) is 0 Å². The third-order valence-corrected chi connectivity index (χ3v) is 4.87. The van der Waals surface area contributed by atoms with Gasteiger partial charge in [-0.1, -0.05) is 17.7 Å². The Labute approximate surface area is 153 Å². The van der Waals surface area contributed by atoms with Gasteiger partial charge in [0.25, 0.3) is 0 Å². The average Bonchev–Trinajstić information content (AvgIpc) is 2.65. The van der Waals surface area contributed by atoms with Crippen molar-refractivity contribution in [3.63, 3.8) is 0 Å². The number of carbonyl (C=O) groups is 1. The predicted molar refractivity (Wildman–Crippen MR) is 102 cm³/mol. The van der Waals surface area contributed by atoms with Gasteiger partial charge in [0.05, 0.1) is 0 Å². The van der Waals surface area contributed by atoms with E-state index in [0.717, 1.165) is 30.0 Å². The quantitative estimate of drug-likeness (QED) is 0.854. The molecule has 0 bridgehead atoms. The molecule has 3 rings (SSSR count). The normalized spacial score (nSPS) is 14.2. The average molecular weight is 359 g/mol. The Balaban J connectivity index is 1.57. The first-order valence-corrected chi connectivity index (χ1v) is 9.01. The van der Waals surface area contributed by atoms with Crippen molar-refractivity contribution in [2.24, 2.45) is 0 Å². The lowest BCUT2D eigenvalue weighted by Gasteiger charge is -2.27. The number of hydrogen-bond donors (Lipinski definition) is 2. The second kappa shape index (κ2) is 8.21. The third kappa shape index (κ3) is 4.63. The minimum atomic E-state index is -0.248. The first-order chi connectivity index (χ1) is 12.1. The summed E-state index contributed by atoms with van der Waals surface area (Å²) < 4.78 is 0. The second-order valence-corrected chi connectivity index (χ2v) is 6.70. The molecule has 1 aromatic heterocycles. The fourth-order valence-corrected chi connectivity index (χ4v) is 3.13. The van der Waals surface area contributed by atoms with E-state index in [-0.39, 0.29) is 6.03 Å². The summed E-state index contributed by atoms with van der Waals surface area (Å²) >= 11 is 6.08. The van der Waals surface area contributed by atoms with E-state index >= 15 is 0 Å². The number of urea groups is 1. The highest BCUT2D eigenvalue weighted by atomic mass is 35.5. The van der Waals surface area contributed by atoms with E-state index in [1.165, 1.54) is 19.3 Å². The van der Waals surface area contributed by atoms with Gasteiger partial charge in [-0.25, -0.2) is 9.78 Å². The molecular formula is C19H23ClN4O. The second-order valence-electron chi connectivity index (χ2n) is 6.29. The summed E-state index contributed by atoms with van der Waals surface area (Å²) in [4.78, 5) is 18.9. The van der Waals surface area contributed by atoms with Gasteiger partial charge in [0.1, 0.15) is 5.82 Å². The number of halogens is 1. The van der Waals surface area contributed by atoms with Crippen LogP contribution in [0.25, 0.3) is 0 Å². The Morgan fingerprint density at radius 3 is 2.84 bits per heavy atom. The van der Waals surface area contributed by atoms with Gasteiger partial charge in [0, 0.05) is 36.5 Å². The number of anilines is 2. The molecule has 0 saturated carbocycles. The maximum absolute atomic E-state index is 12.1. The molecule has 25 heavy (non-hydrogen) atoms. The monoisotopic (exact) mass is 358 g/mol. The van der Waals surface area contributed by atoms with Gasteiger partial charge in [0.15, 0.2) is 0 Å². The summed E-state index contributed by atoms with van der Waals surface area (Å²) in [6.45, 7) is 4.44. The van der Waals surface area contributed by atoms with Gasteiger partial charge in [0.2, 0.25) is 0 Å². The van der Waals surface area contributed by atoms with Crippen molar-refractivity contribution in [3.05, 3.63) is 52.7 Å². The molecule has 2 amide bonds. The van der Waals surface area contributed by atoms with Crippen molar-refractivity contribution in [2.45, 2.75) is 32.7 Å². The molecule has 2 N–H and O–H groups in total. The Kier molecular flexibility index (Phi) is 5.76. The van der Waals surface area contributed by atoms with Crippen LogP contribution < -0.4 is 15.5 Å². The lowest BCUT2D eigenvalue weighted by molar-refractivity contribution is 0.251. The number of pyridine rings is 1. The van der Waals surface area contributed by atoms with Crippen LogP contribution in [0.4, 0.5) is 16.3 Å². The van der Waals surface area contributed by atoms with E-state index in [9.17, 15) is 4.79 Å². The molecule has 0 radical (unpaired) electrons. The van der Waals surface area contributed by atoms with E-state index in [4.69, 9.17) is 11.6 Å². The number of benzene rings is 1. The summed E-state index contributed by atoms with van der Waals surface area (Å²) in [5.74, 6) is 0.991. The SMILES string of the molecule is Cc1c(Cl)cccc1NC(=O)NCc1ccnc(N2CCCCC2)c1. The summed E-state index contributed by atoms with van der Waals surface area (Å²) in [5, 5.41) is 6.36. The summed E-state index contributed by atoms with van der Waals surface area (Å²) in [5.41, 5.74) is 2.61. The lowest BCUT2D eigenvalue weighted by atomic mass is 10.1. The maximum Gasteiger partial charge on any atom is 0.319 e. The van der Waals surface area contributed by atoms with E-state index in [2.05, 4.69) is 26.6 Å².